The minimum absolute atomic E-state index is 0.112. The summed E-state index contributed by atoms with van der Waals surface area (Å²) in [6.45, 7) is 2.80. The van der Waals surface area contributed by atoms with Gasteiger partial charge in [-0.15, -0.1) is 0 Å². The van der Waals surface area contributed by atoms with Crippen molar-refractivity contribution in [1.29, 1.82) is 0 Å². The summed E-state index contributed by atoms with van der Waals surface area (Å²) in [6, 6.07) is 14.3. The minimum atomic E-state index is -0.315. The van der Waals surface area contributed by atoms with Gasteiger partial charge in [0.15, 0.2) is 0 Å². The van der Waals surface area contributed by atoms with Gasteiger partial charge in [-0.2, -0.15) is 5.10 Å². The van der Waals surface area contributed by atoms with Crippen molar-refractivity contribution in [3.63, 3.8) is 0 Å². The molecule has 2 aromatic carbocycles. The van der Waals surface area contributed by atoms with Crippen LogP contribution in [0.15, 0.2) is 53.6 Å². The Kier molecular flexibility index (Phi) is 8.68. The third-order valence-corrected chi connectivity index (χ3v) is 5.60. The van der Waals surface area contributed by atoms with Gasteiger partial charge >= 0.3 is 6.03 Å². The highest BCUT2D eigenvalue weighted by Crippen LogP contribution is 2.33. The van der Waals surface area contributed by atoms with E-state index in [4.69, 9.17) is 21.1 Å². The number of carbonyl (C=O) groups excluding carboxylic acids is 2. The monoisotopic (exact) mass is 472 g/mol. The van der Waals surface area contributed by atoms with Gasteiger partial charge in [0.2, 0.25) is 0 Å². The zero-order chi connectivity index (χ0) is 23.8. The average molecular weight is 473 g/mol. The van der Waals surface area contributed by atoms with Gasteiger partial charge in [0.05, 0.1) is 25.5 Å². The second-order valence-corrected chi connectivity index (χ2v) is 7.97. The molecule has 1 aliphatic heterocycles. The van der Waals surface area contributed by atoms with E-state index < -0.39 is 0 Å². The molecule has 0 fully saturated rings. The molecule has 176 valence electrons. The van der Waals surface area contributed by atoms with Gasteiger partial charge in [-0.3, -0.25) is 4.79 Å². The van der Waals surface area contributed by atoms with E-state index in [2.05, 4.69) is 10.4 Å². The lowest BCUT2D eigenvalue weighted by molar-refractivity contribution is -0.133. The Morgan fingerprint density at radius 2 is 1.85 bits per heavy atom. The topological polar surface area (TPSA) is 83.5 Å². The predicted octanol–water partition coefficient (Wildman–Crippen LogP) is 3.70. The summed E-state index contributed by atoms with van der Waals surface area (Å²) < 4.78 is 10.3. The third kappa shape index (κ3) is 6.24. The largest absolute Gasteiger partial charge is 0.497 e. The Hall–Kier alpha value is -3.10. The molecule has 8 nitrogen and oxygen atoms in total. The maximum atomic E-state index is 13.4. The summed E-state index contributed by atoms with van der Waals surface area (Å²) in [5, 5.41) is 9.51. The molecule has 1 heterocycles. The lowest BCUT2D eigenvalue weighted by atomic mass is 9.98. The number of ether oxygens (including phenoxy) is 2. The Labute approximate surface area is 199 Å². The van der Waals surface area contributed by atoms with Crippen LogP contribution < -0.4 is 10.1 Å². The van der Waals surface area contributed by atoms with Crippen molar-refractivity contribution in [1.82, 2.24) is 15.2 Å². The quantitative estimate of drug-likeness (QED) is 0.603. The van der Waals surface area contributed by atoms with Crippen molar-refractivity contribution in [3.8, 4) is 5.75 Å². The molecule has 1 aliphatic rings. The molecule has 0 radical (unpaired) electrons. The number of urea groups is 1. The van der Waals surface area contributed by atoms with E-state index in [1.54, 1.807) is 26.4 Å². The molecule has 2 aromatic rings. The molecule has 3 rings (SSSR count). The zero-order valence-corrected chi connectivity index (χ0v) is 19.8. The number of rotatable bonds is 9. The van der Waals surface area contributed by atoms with Gasteiger partial charge in [0.1, 0.15) is 12.3 Å². The van der Waals surface area contributed by atoms with Crippen LogP contribution in [-0.2, 0) is 9.53 Å². The number of nitrogens with zero attached hydrogens (tertiary/aromatic N) is 3. The number of carbonyl (C=O) groups is 2. The molecule has 0 bridgehead atoms. The molecular weight excluding hydrogens is 444 g/mol. The molecule has 0 aliphatic carbocycles. The van der Waals surface area contributed by atoms with Crippen LogP contribution in [0.3, 0.4) is 0 Å². The summed E-state index contributed by atoms with van der Waals surface area (Å²) in [6.07, 6.45) is 0.541. The van der Waals surface area contributed by atoms with E-state index in [1.165, 1.54) is 9.91 Å². The lowest BCUT2D eigenvalue weighted by Gasteiger charge is -2.27. The first-order chi connectivity index (χ1) is 16.0. The van der Waals surface area contributed by atoms with Gasteiger partial charge in [-0.25, -0.2) is 9.80 Å². The van der Waals surface area contributed by atoms with E-state index in [1.807, 2.05) is 43.3 Å². The highest BCUT2D eigenvalue weighted by molar-refractivity contribution is 6.30. The standard InChI is InChI=1S/C24H29ClN4O4/c1-4-26-24(31)28(13-14-32-2)16-23(30)29-22(18-5-9-19(25)10-6-18)15-21(27-29)17-7-11-20(33-3)12-8-17/h5-12,22H,4,13-16H2,1-3H3,(H,26,31). The minimum Gasteiger partial charge on any atom is -0.497 e. The van der Waals surface area contributed by atoms with Gasteiger partial charge in [-0.1, -0.05) is 23.7 Å². The Morgan fingerprint density at radius 3 is 2.45 bits per heavy atom. The van der Waals surface area contributed by atoms with Crippen molar-refractivity contribution in [3.05, 3.63) is 64.7 Å². The number of hydrogen-bond donors (Lipinski definition) is 1. The van der Waals surface area contributed by atoms with E-state index in [9.17, 15) is 9.59 Å². The van der Waals surface area contributed by atoms with E-state index in [0.717, 1.165) is 22.6 Å². The van der Waals surface area contributed by atoms with Crippen molar-refractivity contribution >= 4 is 29.3 Å². The van der Waals surface area contributed by atoms with Gasteiger partial charge < -0.3 is 19.7 Å². The summed E-state index contributed by atoms with van der Waals surface area (Å²) in [5.41, 5.74) is 2.61. The first-order valence-corrected chi connectivity index (χ1v) is 11.2. The molecule has 0 saturated heterocycles. The fourth-order valence-corrected chi connectivity index (χ4v) is 3.72. The van der Waals surface area contributed by atoms with Crippen molar-refractivity contribution in [2.45, 2.75) is 19.4 Å². The highest BCUT2D eigenvalue weighted by Gasteiger charge is 2.34. The molecule has 1 unspecified atom stereocenters. The molecule has 0 aromatic heterocycles. The SMILES string of the molecule is CCNC(=O)N(CCOC)CC(=O)N1N=C(c2ccc(OC)cc2)CC1c1ccc(Cl)cc1. The van der Waals surface area contributed by atoms with Crippen LogP contribution >= 0.6 is 11.6 Å². The van der Waals surface area contributed by atoms with Crippen LogP contribution in [0.1, 0.15) is 30.5 Å². The van der Waals surface area contributed by atoms with E-state index in [-0.39, 0.29) is 24.5 Å². The van der Waals surface area contributed by atoms with E-state index >= 15 is 0 Å². The first kappa shape index (κ1) is 24.5. The fraction of sp³-hybridized carbons (Fsp3) is 0.375. The average Bonchev–Trinajstić information content (AvgIpc) is 3.28. The van der Waals surface area contributed by atoms with Crippen LogP contribution in [0.25, 0.3) is 0 Å². The number of halogens is 1. The second-order valence-electron chi connectivity index (χ2n) is 7.53. The molecule has 3 amide bonds. The maximum absolute atomic E-state index is 13.4. The maximum Gasteiger partial charge on any atom is 0.317 e. The summed E-state index contributed by atoms with van der Waals surface area (Å²) in [4.78, 5) is 27.3. The molecule has 1 N–H and O–H groups in total. The summed E-state index contributed by atoms with van der Waals surface area (Å²) >= 11 is 6.07. The Balaban J connectivity index is 1.88. The van der Waals surface area contributed by atoms with Crippen LogP contribution in [0, 0.1) is 0 Å². The van der Waals surface area contributed by atoms with Gasteiger partial charge in [0.25, 0.3) is 5.91 Å². The van der Waals surface area contributed by atoms with Gasteiger partial charge in [0, 0.05) is 31.6 Å². The zero-order valence-electron chi connectivity index (χ0n) is 19.1. The third-order valence-electron chi connectivity index (χ3n) is 5.35. The van der Waals surface area contributed by atoms with E-state index in [0.29, 0.717) is 31.1 Å². The Bertz CT molecular complexity index is 979. The molecule has 9 heteroatoms. The number of benzene rings is 2. The summed E-state index contributed by atoms with van der Waals surface area (Å²) in [5.74, 6) is 0.469. The second kappa shape index (κ2) is 11.7. The van der Waals surface area contributed by atoms with Crippen molar-refractivity contribution < 1.29 is 19.1 Å². The number of nitrogens with one attached hydrogen (secondary N) is 1. The van der Waals surface area contributed by atoms with Crippen molar-refractivity contribution in [2.75, 3.05) is 40.5 Å². The van der Waals surface area contributed by atoms with Crippen LogP contribution in [0.2, 0.25) is 5.02 Å². The normalized spacial score (nSPS) is 15.2. The number of amides is 3. The van der Waals surface area contributed by atoms with Crippen molar-refractivity contribution in [2.24, 2.45) is 5.10 Å². The van der Waals surface area contributed by atoms with Gasteiger partial charge in [-0.05, 0) is 54.4 Å². The lowest BCUT2D eigenvalue weighted by Crippen LogP contribution is -2.47. The molecular formula is C24H29ClN4O4. The molecule has 0 saturated carbocycles. The molecule has 33 heavy (non-hydrogen) atoms. The first-order valence-electron chi connectivity index (χ1n) is 10.8. The smallest absolute Gasteiger partial charge is 0.317 e. The Morgan fingerprint density at radius 1 is 1.15 bits per heavy atom. The number of hydrazone groups is 1. The van der Waals surface area contributed by atoms with Crippen LogP contribution in [0.5, 0.6) is 5.75 Å². The van der Waals surface area contributed by atoms with Crippen LogP contribution in [-0.4, -0.2) is 68.0 Å². The summed E-state index contributed by atoms with van der Waals surface area (Å²) in [7, 11) is 3.17. The fourth-order valence-electron chi connectivity index (χ4n) is 3.60. The van der Waals surface area contributed by atoms with Crippen LogP contribution in [0.4, 0.5) is 4.79 Å². The number of hydrogen-bond acceptors (Lipinski definition) is 5. The molecule has 0 spiro atoms. The number of methoxy groups -OCH3 is 2. The highest BCUT2D eigenvalue weighted by atomic mass is 35.5. The molecule has 1 atom stereocenters. The predicted molar refractivity (Wildman–Crippen MR) is 128 cm³/mol.